The average molecular weight is 699 g/mol. The molecule has 0 aliphatic rings. The van der Waals surface area contributed by atoms with Crippen LogP contribution in [-0.2, 0) is 21.3 Å². The predicted octanol–water partition coefficient (Wildman–Crippen LogP) is 6.67. The predicted molar refractivity (Wildman–Crippen MR) is 175 cm³/mol. The first kappa shape index (κ1) is 33.9. The van der Waals surface area contributed by atoms with E-state index in [1.165, 1.54) is 20.4 Å². The molecule has 0 bridgehead atoms. The molecule has 3 N–H and O–H groups in total. The lowest BCUT2D eigenvalue weighted by Crippen LogP contribution is -2.31. The van der Waals surface area contributed by atoms with Gasteiger partial charge in [0.1, 0.15) is 22.2 Å². The third-order valence-corrected chi connectivity index (χ3v) is 9.76. The zero-order valence-electron chi connectivity index (χ0n) is 24.4. The van der Waals surface area contributed by atoms with E-state index in [2.05, 4.69) is 10.3 Å². The van der Waals surface area contributed by atoms with Crippen molar-refractivity contribution < 1.29 is 31.8 Å². The number of nitrogens with one attached hydrogen (secondary N) is 1. The van der Waals surface area contributed by atoms with Crippen molar-refractivity contribution >= 4 is 72.8 Å². The molecule has 0 spiro atoms. The number of amides is 1. The minimum Gasteiger partial charge on any atom is -0.497 e. The molecule has 0 radical (unpaired) electrons. The van der Waals surface area contributed by atoms with Gasteiger partial charge >= 0.3 is 6.09 Å². The second-order valence-corrected chi connectivity index (χ2v) is 13.0. The molecule has 240 valence electrons. The SMILES string of the molecule is COc1ccc(CN(c2nccs2)S(=O)(=O)c2cc(Cl)c(Nc3ccc(Cl)cc3N(C)CCCOC(N)=O)cc2F)c(OC)c1. The van der Waals surface area contributed by atoms with Crippen LogP contribution in [0.3, 0.4) is 0 Å². The van der Waals surface area contributed by atoms with Gasteiger partial charge in [0.15, 0.2) is 5.13 Å². The molecule has 4 aromatic rings. The van der Waals surface area contributed by atoms with Crippen LogP contribution in [0.5, 0.6) is 11.5 Å². The first-order valence-corrected chi connectivity index (χ1v) is 16.3. The molecule has 4 rings (SSSR count). The highest BCUT2D eigenvalue weighted by Crippen LogP contribution is 2.38. The molecule has 1 amide bonds. The van der Waals surface area contributed by atoms with Crippen molar-refractivity contribution in [2.75, 3.05) is 48.9 Å². The lowest BCUT2D eigenvalue weighted by Gasteiger charge is -2.25. The Bertz CT molecular complexity index is 1760. The molecule has 45 heavy (non-hydrogen) atoms. The van der Waals surface area contributed by atoms with E-state index >= 15 is 4.39 Å². The minimum absolute atomic E-state index is 0.0468. The number of carbonyl (C=O) groups excluding carboxylic acids is 1. The van der Waals surface area contributed by atoms with Crippen LogP contribution in [0.1, 0.15) is 12.0 Å². The van der Waals surface area contributed by atoms with E-state index in [0.717, 1.165) is 27.8 Å². The maximum absolute atomic E-state index is 15.8. The number of primary amides is 1. The molecule has 0 aliphatic carbocycles. The molecule has 0 saturated carbocycles. The van der Waals surface area contributed by atoms with Gasteiger partial charge in [-0.05, 0) is 42.8 Å². The van der Waals surface area contributed by atoms with Crippen LogP contribution < -0.4 is 29.7 Å². The van der Waals surface area contributed by atoms with Gasteiger partial charge in [0.05, 0.1) is 49.5 Å². The summed E-state index contributed by atoms with van der Waals surface area (Å²) < 4.78 is 60.2. The van der Waals surface area contributed by atoms with Crippen LogP contribution in [-0.4, -0.2) is 53.9 Å². The maximum atomic E-state index is 15.8. The van der Waals surface area contributed by atoms with Gasteiger partial charge in [0.2, 0.25) is 0 Å². The highest BCUT2D eigenvalue weighted by molar-refractivity contribution is 7.93. The fourth-order valence-corrected chi connectivity index (χ4v) is 7.12. The zero-order valence-corrected chi connectivity index (χ0v) is 27.6. The molecule has 11 nitrogen and oxygen atoms in total. The van der Waals surface area contributed by atoms with E-state index in [4.69, 9.17) is 43.1 Å². The number of nitrogens with two attached hydrogens (primary N) is 1. The number of benzene rings is 3. The molecule has 3 aromatic carbocycles. The van der Waals surface area contributed by atoms with Gasteiger partial charge in [-0.2, -0.15) is 0 Å². The quantitative estimate of drug-likeness (QED) is 0.139. The fourth-order valence-electron chi connectivity index (χ4n) is 4.34. The topological polar surface area (TPSA) is 136 Å². The lowest BCUT2D eigenvalue weighted by molar-refractivity contribution is 0.156. The highest BCUT2D eigenvalue weighted by Gasteiger charge is 2.32. The van der Waals surface area contributed by atoms with Gasteiger partial charge < -0.3 is 30.2 Å². The third-order valence-electron chi connectivity index (χ3n) is 6.55. The standard InChI is InChI=1S/C29H30Cl2FN5O6S2/c1-36(10-4-11-43-28(33)38)25-13-19(30)6-8-23(25)35-24-16-22(32)27(15-21(24)31)45(39,40)37(29-34-9-12-44-29)17-18-5-7-20(41-2)14-26(18)42-3/h5-9,12-16,35H,4,10-11,17H2,1-3H3,(H2,33,38). The Kier molecular flexibility index (Phi) is 11.2. The summed E-state index contributed by atoms with van der Waals surface area (Å²) in [7, 11) is 0.235. The monoisotopic (exact) mass is 697 g/mol. The van der Waals surface area contributed by atoms with Gasteiger partial charge in [-0.15, -0.1) is 11.3 Å². The number of thiazole rings is 1. The Labute approximate surface area is 274 Å². The second-order valence-electron chi connectivity index (χ2n) is 9.50. The Morgan fingerprint density at radius 3 is 2.53 bits per heavy atom. The minimum atomic E-state index is -4.52. The summed E-state index contributed by atoms with van der Waals surface area (Å²) in [6.45, 7) is 0.386. The van der Waals surface area contributed by atoms with Crippen molar-refractivity contribution in [1.29, 1.82) is 0 Å². The molecule has 16 heteroatoms. The number of methoxy groups -OCH3 is 2. The molecule has 0 atom stereocenters. The molecular weight excluding hydrogens is 668 g/mol. The van der Waals surface area contributed by atoms with Gasteiger partial charge in [-0.1, -0.05) is 23.2 Å². The van der Waals surface area contributed by atoms with E-state index < -0.39 is 26.8 Å². The smallest absolute Gasteiger partial charge is 0.404 e. The van der Waals surface area contributed by atoms with E-state index in [9.17, 15) is 13.2 Å². The number of hydrogen-bond donors (Lipinski definition) is 2. The Morgan fingerprint density at radius 1 is 1.09 bits per heavy atom. The van der Waals surface area contributed by atoms with E-state index in [1.807, 2.05) is 4.90 Å². The molecule has 0 saturated heterocycles. The Morgan fingerprint density at radius 2 is 1.87 bits per heavy atom. The summed E-state index contributed by atoms with van der Waals surface area (Å²) in [5.74, 6) is -0.127. The number of aromatic nitrogens is 1. The molecule has 0 fully saturated rings. The summed E-state index contributed by atoms with van der Waals surface area (Å²) in [6, 6.07) is 12.0. The van der Waals surface area contributed by atoms with Crippen molar-refractivity contribution in [3.8, 4) is 11.5 Å². The average Bonchev–Trinajstić information content (AvgIpc) is 3.54. The third kappa shape index (κ3) is 8.19. The van der Waals surface area contributed by atoms with Crippen LogP contribution in [0.4, 0.5) is 31.4 Å². The van der Waals surface area contributed by atoms with Crippen LogP contribution in [0.25, 0.3) is 0 Å². The van der Waals surface area contributed by atoms with Crippen LogP contribution in [0.15, 0.2) is 65.0 Å². The summed E-state index contributed by atoms with van der Waals surface area (Å²) in [6.07, 6.45) is 1.07. The number of anilines is 4. The zero-order chi connectivity index (χ0) is 32.7. The van der Waals surface area contributed by atoms with Crippen molar-refractivity contribution in [2.24, 2.45) is 5.73 Å². The number of rotatable bonds is 14. The van der Waals surface area contributed by atoms with Crippen LogP contribution in [0, 0.1) is 5.82 Å². The number of hydrogen-bond acceptors (Lipinski definition) is 10. The van der Waals surface area contributed by atoms with Crippen molar-refractivity contribution in [2.45, 2.75) is 17.9 Å². The normalized spacial score (nSPS) is 11.2. The number of halogens is 3. The maximum Gasteiger partial charge on any atom is 0.404 e. The first-order chi connectivity index (χ1) is 21.4. The van der Waals surface area contributed by atoms with Gasteiger partial charge in [-0.3, -0.25) is 0 Å². The molecule has 0 unspecified atom stereocenters. The van der Waals surface area contributed by atoms with Crippen molar-refractivity contribution in [3.63, 3.8) is 0 Å². The number of sulfonamides is 1. The number of ether oxygens (including phenoxy) is 3. The largest absolute Gasteiger partial charge is 0.497 e. The van der Waals surface area contributed by atoms with E-state index in [-0.39, 0.29) is 29.0 Å². The molecule has 1 heterocycles. The van der Waals surface area contributed by atoms with Crippen molar-refractivity contribution in [3.05, 3.63) is 81.5 Å². The second kappa shape index (κ2) is 14.9. The molecular formula is C29H30Cl2FN5O6S2. The van der Waals surface area contributed by atoms with Crippen LogP contribution >= 0.6 is 34.5 Å². The Hall–Kier alpha value is -3.98. The summed E-state index contributed by atoms with van der Waals surface area (Å²) in [5.41, 5.74) is 6.80. The van der Waals surface area contributed by atoms with Gasteiger partial charge in [0.25, 0.3) is 10.0 Å². The number of carbonyl (C=O) groups is 1. The van der Waals surface area contributed by atoms with Gasteiger partial charge in [-0.25, -0.2) is 26.9 Å². The van der Waals surface area contributed by atoms with Crippen LogP contribution in [0.2, 0.25) is 10.0 Å². The summed E-state index contributed by atoms with van der Waals surface area (Å²) >= 11 is 13.9. The van der Waals surface area contributed by atoms with E-state index in [1.54, 1.807) is 48.8 Å². The Balaban J connectivity index is 1.65. The number of nitrogens with zero attached hydrogens (tertiary/aromatic N) is 3. The lowest BCUT2D eigenvalue weighted by atomic mass is 10.2. The highest BCUT2D eigenvalue weighted by atomic mass is 35.5. The van der Waals surface area contributed by atoms with Gasteiger partial charge in [0, 0.05) is 47.9 Å². The van der Waals surface area contributed by atoms with Crippen molar-refractivity contribution in [1.82, 2.24) is 4.98 Å². The first-order valence-electron chi connectivity index (χ1n) is 13.3. The fraction of sp³-hybridized carbons (Fsp3) is 0.241. The molecule has 1 aromatic heterocycles. The summed E-state index contributed by atoms with van der Waals surface area (Å²) in [5, 5.41) is 5.22. The van der Waals surface area contributed by atoms with E-state index in [0.29, 0.717) is 46.4 Å². The molecule has 0 aliphatic heterocycles. The summed E-state index contributed by atoms with van der Waals surface area (Å²) in [4.78, 5) is 16.2.